The van der Waals surface area contributed by atoms with E-state index in [4.69, 9.17) is 0 Å². The fourth-order valence-electron chi connectivity index (χ4n) is 5.96. The zero-order valence-corrected chi connectivity index (χ0v) is 23.0. The van der Waals surface area contributed by atoms with Crippen molar-refractivity contribution in [3.05, 3.63) is 121 Å². The van der Waals surface area contributed by atoms with E-state index in [-0.39, 0.29) is 0 Å². The Morgan fingerprint density at radius 2 is 0.658 bits per heavy atom. The van der Waals surface area contributed by atoms with Crippen molar-refractivity contribution in [3.63, 3.8) is 0 Å². The molecule has 7 aromatic carbocycles. The molecule has 0 saturated heterocycles. The Hall–Kier alpha value is -3.72. The Labute approximate surface area is 231 Å². The van der Waals surface area contributed by atoms with Crippen molar-refractivity contribution < 1.29 is 0 Å². The molecule has 0 heterocycles. The monoisotopic (exact) mass is 522 g/mol. The molecule has 0 radical (unpaired) electrons. The molecule has 0 amide bonds. The molecule has 0 unspecified atom stereocenters. The van der Waals surface area contributed by atoms with Crippen molar-refractivity contribution in [1.82, 2.24) is 0 Å². The van der Waals surface area contributed by atoms with E-state index in [2.05, 4.69) is 134 Å². The van der Waals surface area contributed by atoms with Gasteiger partial charge in [0.25, 0.3) is 0 Å². The van der Waals surface area contributed by atoms with Crippen LogP contribution >= 0.6 is 23.5 Å². The third-order valence-electron chi connectivity index (χ3n) is 7.66. The van der Waals surface area contributed by atoms with E-state index in [9.17, 15) is 0 Å². The van der Waals surface area contributed by atoms with E-state index in [1.54, 1.807) is 23.5 Å². The highest BCUT2D eigenvalue weighted by atomic mass is 32.2. The Balaban J connectivity index is 1.78. The van der Waals surface area contributed by atoms with E-state index in [0.717, 1.165) is 0 Å². The summed E-state index contributed by atoms with van der Waals surface area (Å²) >= 11 is 3.57. The molecular weight excluding hydrogens is 497 g/mol. The first-order chi connectivity index (χ1) is 18.8. The third-order valence-corrected chi connectivity index (χ3v) is 9.14. The average Bonchev–Trinajstić information content (AvgIpc) is 3.00. The summed E-state index contributed by atoms with van der Waals surface area (Å²) < 4.78 is 0. The minimum atomic E-state index is 1.26. The third kappa shape index (κ3) is 3.63. The molecule has 0 aliphatic heterocycles. The summed E-state index contributed by atoms with van der Waals surface area (Å²) in [5, 5.41) is 10.5. The lowest BCUT2D eigenvalue weighted by molar-refractivity contribution is 1.47. The molecule has 0 aliphatic rings. The van der Waals surface area contributed by atoms with Gasteiger partial charge in [0, 0.05) is 9.79 Å². The Morgan fingerprint density at radius 1 is 0.342 bits per heavy atom. The second-order valence-electron chi connectivity index (χ2n) is 9.59. The average molecular weight is 523 g/mol. The maximum Gasteiger partial charge on any atom is 0.00695 e. The van der Waals surface area contributed by atoms with Crippen LogP contribution in [-0.4, -0.2) is 12.5 Å². The number of thioether (sulfide) groups is 2. The molecule has 0 atom stereocenters. The molecule has 0 nitrogen and oxygen atoms in total. The van der Waals surface area contributed by atoms with Crippen LogP contribution in [0.25, 0.3) is 65.3 Å². The maximum absolute atomic E-state index is 2.30. The number of fused-ring (bicyclic) bond motifs is 7. The van der Waals surface area contributed by atoms with Crippen molar-refractivity contribution in [3.8, 4) is 22.3 Å². The summed E-state index contributed by atoms with van der Waals surface area (Å²) in [5.41, 5.74) is 5.15. The molecule has 38 heavy (non-hydrogen) atoms. The van der Waals surface area contributed by atoms with Crippen LogP contribution in [0.4, 0.5) is 0 Å². The first-order valence-electron chi connectivity index (χ1n) is 12.8. The normalized spacial score (nSPS) is 11.6. The van der Waals surface area contributed by atoms with Crippen molar-refractivity contribution in [2.75, 3.05) is 12.5 Å². The Bertz CT molecular complexity index is 1820. The SMILES string of the molecule is CSc1ccc(-c2c3ccccc3c(-c3ccc(SC)cc3)c3c4ccccc4c4ccccc4c23)cc1. The molecule has 7 rings (SSSR count). The molecule has 182 valence electrons. The fourth-order valence-corrected chi connectivity index (χ4v) is 6.78. The van der Waals surface area contributed by atoms with Gasteiger partial charge < -0.3 is 0 Å². The van der Waals surface area contributed by atoms with Crippen molar-refractivity contribution in [1.29, 1.82) is 0 Å². The predicted octanol–water partition coefficient (Wildman–Crippen LogP) is 11.1. The first kappa shape index (κ1) is 23.4. The predicted molar refractivity (Wildman–Crippen MR) is 171 cm³/mol. The fraction of sp³-hybridized carbons (Fsp3) is 0.0556. The van der Waals surface area contributed by atoms with Crippen LogP contribution in [0.3, 0.4) is 0 Å². The van der Waals surface area contributed by atoms with E-state index in [1.165, 1.54) is 75.1 Å². The van der Waals surface area contributed by atoms with Crippen LogP contribution < -0.4 is 0 Å². The minimum absolute atomic E-state index is 1.26. The van der Waals surface area contributed by atoms with Crippen LogP contribution in [0.15, 0.2) is 131 Å². The van der Waals surface area contributed by atoms with Crippen molar-refractivity contribution >= 4 is 66.6 Å². The Kier molecular flexibility index (Phi) is 5.88. The van der Waals surface area contributed by atoms with Crippen LogP contribution in [-0.2, 0) is 0 Å². The van der Waals surface area contributed by atoms with Gasteiger partial charge in [0.15, 0.2) is 0 Å². The van der Waals surface area contributed by atoms with E-state index in [1.807, 2.05) is 0 Å². The van der Waals surface area contributed by atoms with Gasteiger partial charge in [-0.1, -0.05) is 97.1 Å². The lowest BCUT2D eigenvalue weighted by Gasteiger charge is -2.21. The number of hydrogen-bond donors (Lipinski definition) is 0. The highest BCUT2D eigenvalue weighted by Gasteiger charge is 2.21. The smallest absolute Gasteiger partial charge is 0.00695 e. The molecule has 7 aromatic rings. The van der Waals surface area contributed by atoms with E-state index >= 15 is 0 Å². The van der Waals surface area contributed by atoms with Gasteiger partial charge in [0.05, 0.1) is 0 Å². The molecular formula is C36H26S2. The minimum Gasteiger partial charge on any atom is -0.130 e. The first-order valence-corrected chi connectivity index (χ1v) is 15.3. The standard InChI is InChI=1S/C36H26S2/c1-37-25-19-15-23(16-20-25)33-31-13-7-8-14-32(31)34(24-17-21-26(38-2)22-18-24)36-30-12-6-4-10-28(30)27-9-3-5-11-29(27)35(33)36/h3-22H,1-2H3. The summed E-state index contributed by atoms with van der Waals surface area (Å²) in [4.78, 5) is 2.56. The van der Waals surface area contributed by atoms with Crippen LogP contribution in [0.2, 0.25) is 0 Å². The molecule has 0 fully saturated rings. The molecule has 0 N–H and O–H groups in total. The largest absolute Gasteiger partial charge is 0.130 e. The number of hydrogen-bond acceptors (Lipinski definition) is 2. The van der Waals surface area contributed by atoms with E-state index < -0.39 is 0 Å². The zero-order chi connectivity index (χ0) is 25.6. The van der Waals surface area contributed by atoms with Gasteiger partial charge in [-0.25, -0.2) is 0 Å². The summed E-state index contributed by atoms with van der Waals surface area (Å²) in [5.74, 6) is 0. The van der Waals surface area contributed by atoms with Crippen LogP contribution in [0.1, 0.15) is 0 Å². The lowest BCUT2D eigenvalue weighted by atomic mass is 9.81. The second-order valence-corrected chi connectivity index (χ2v) is 11.4. The van der Waals surface area contributed by atoms with Gasteiger partial charge in [-0.3, -0.25) is 0 Å². The number of rotatable bonds is 4. The maximum atomic E-state index is 2.30. The van der Waals surface area contributed by atoms with Gasteiger partial charge in [0.1, 0.15) is 0 Å². The molecule has 0 spiro atoms. The molecule has 0 saturated carbocycles. The quantitative estimate of drug-likeness (QED) is 0.128. The zero-order valence-electron chi connectivity index (χ0n) is 21.4. The number of benzene rings is 7. The molecule has 0 aliphatic carbocycles. The van der Waals surface area contributed by atoms with Crippen LogP contribution in [0, 0.1) is 0 Å². The van der Waals surface area contributed by atoms with Gasteiger partial charge >= 0.3 is 0 Å². The van der Waals surface area contributed by atoms with Gasteiger partial charge in [-0.2, -0.15) is 0 Å². The van der Waals surface area contributed by atoms with E-state index in [0.29, 0.717) is 0 Å². The van der Waals surface area contributed by atoms with Crippen molar-refractivity contribution in [2.45, 2.75) is 9.79 Å². The summed E-state index contributed by atoms with van der Waals surface area (Å²) in [7, 11) is 0. The van der Waals surface area contributed by atoms with Crippen molar-refractivity contribution in [2.24, 2.45) is 0 Å². The summed E-state index contributed by atoms with van der Waals surface area (Å²) in [6.45, 7) is 0. The highest BCUT2D eigenvalue weighted by Crippen LogP contribution is 2.49. The van der Waals surface area contributed by atoms with Crippen LogP contribution in [0.5, 0.6) is 0 Å². The summed E-state index contributed by atoms with van der Waals surface area (Å²) in [6, 6.07) is 45.0. The molecule has 0 aromatic heterocycles. The van der Waals surface area contributed by atoms with Gasteiger partial charge in [-0.05, 0) is 102 Å². The molecule has 0 bridgehead atoms. The summed E-state index contributed by atoms with van der Waals surface area (Å²) in [6.07, 6.45) is 4.27. The highest BCUT2D eigenvalue weighted by molar-refractivity contribution is 7.98. The van der Waals surface area contributed by atoms with Gasteiger partial charge in [-0.15, -0.1) is 23.5 Å². The Morgan fingerprint density at radius 3 is 1.00 bits per heavy atom. The second kappa shape index (κ2) is 9.54. The lowest BCUT2D eigenvalue weighted by Crippen LogP contribution is -1.94. The molecule has 2 heteroatoms. The van der Waals surface area contributed by atoms with Gasteiger partial charge in [0.2, 0.25) is 0 Å². The topological polar surface area (TPSA) is 0 Å².